The van der Waals surface area contributed by atoms with E-state index in [1.165, 1.54) is 19.1 Å². The molecule has 0 radical (unpaired) electrons. The number of nitrogens with one attached hydrogen (secondary N) is 3. The number of halogens is 2. The summed E-state index contributed by atoms with van der Waals surface area (Å²) in [4.78, 5) is 42.7. The Bertz CT molecular complexity index is 1650. The number of amides is 3. The van der Waals surface area contributed by atoms with Gasteiger partial charge < -0.3 is 30.7 Å². The molecule has 0 aromatic heterocycles. The summed E-state index contributed by atoms with van der Waals surface area (Å²) in [5, 5.41) is 21.2. The SMILES string of the molecule is CCC(C)[C@@]1(NC(C)=O)CCN([C@@H](CCc2ccccc2)C(=O)N[C@@H](Cc2cc(F)cc(F)c2)[C@H](O)[C@@H]2Cc3cccc(OC)c3CN2)C1=O. The van der Waals surface area contributed by atoms with Crippen molar-refractivity contribution in [3.8, 4) is 5.75 Å². The quantitative estimate of drug-likeness (QED) is 0.201. The highest BCUT2D eigenvalue weighted by Gasteiger charge is 2.53. The van der Waals surface area contributed by atoms with Gasteiger partial charge in [0.05, 0.1) is 19.3 Å². The van der Waals surface area contributed by atoms with Crippen LogP contribution in [0.2, 0.25) is 0 Å². The van der Waals surface area contributed by atoms with E-state index in [2.05, 4.69) is 16.0 Å². The van der Waals surface area contributed by atoms with Gasteiger partial charge in [-0.05, 0) is 72.9 Å². The standard InChI is InChI=1S/C39H48F2N4O5/c1-5-24(2)39(44-25(3)46)16-17-45(38(39)49)34(15-14-26-10-7-6-8-11-26)37(48)43-33(20-27-18-29(40)22-30(41)19-27)36(47)32-21-28-12-9-13-35(50-4)31(28)23-42-32/h6-13,18-19,22,24,32-34,36,42,47H,5,14-17,20-21,23H2,1-4H3,(H,43,48)(H,44,46)/t24?,32-,33-,34-,36+,39-/m0/s1. The van der Waals surface area contributed by atoms with E-state index >= 15 is 0 Å². The Labute approximate surface area is 292 Å². The summed E-state index contributed by atoms with van der Waals surface area (Å²) in [7, 11) is 1.60. The van der Waals surface area contributed by atoms with E-state index < -0.39 is 47.3 Å². The van der Waals surface area contributed by atoms with Gasteiger partial charge in [0.2, 0.25) is 17.7 Å². The highest BCUT2D eigenvalue weighted by atomic mass is 19.1. The molecule has 3 amide bonds. The summed E-state index contributed by atoms with van der Waals surface area (Å²) in [5.74, 6) is -2.12. The first-order valence-electron chi connectivity index (χ1n) is 17.4. The monoisotopic (exact) mass is 690 g/mol. The number of rotatable bonds is 14. The highest BCUT2D eigenvalue weighted by Crippen LogP contribution is 2.35. The van der Waals surface area contributed by atoms with Crippen LogP contribution in [0.15, 0.2) is 66.7 Å². The van der Waals surface area contributed by atoms with Crippen molar-refractivity contribution >= 4 is 17.7 Å². The number of fused-ring (bicyclic) bond motifs is 1. The van der Waals surface area contributed by atoms with E-state index in [4.69, 9.17) is 4.74 Å². The van der Waals surface area contributed by atoms with Crippen LogP contribution in [0.25, 0.3) is 0 Å². The van der Waals surface area contributed by atoms with Crippen molar-refractivity contribution < 1.29 is 33.0 Å². The Morgan fingerprint density at radius 1 is 1.08 bits per heavy atom. The zero-order valence-corrected chi connectivity index (χ0v) is 29.2. The van der Waals surface area contributed by atoms with Crippen molar-refractivity contribution in [1.29, 1.82) is 0 Å². The fraction of sp³-hybridized carbons (Fsp3) is 0.462. The molecular formula is C39H48F2N4O5. The van der Waals surface area contributed by atoms with Gasteiger partial charge in [-0.2, -0.15) is 0 Å². The van der Waals surface area contributed by atoms with E-state index in [9.17, 15) is 28.3 Å². The molecule has 6 atom stereocenters. The van der Waals surface area contributed by atoms with Crippen LogP contribution >= 0.6 is 0 Å². The van der Waals surface area contributed by atoms with Gasteiger partial charge in [-0.15, -0.1) is 0 Å². The van der Waals surface area contributed by atoms with Crippen molar-refractivity contribution in [2.45, 2.75) is 95.6 Å². The Kier molecular flexibility index (Phi) is 11.9. The lowest BCUT2D eigenvalue weighted by Crippen LogP contribution is -2.61. The van der Waals surface area contributed by atoms with Gasteiger partial charge in [0.25, 0.3) is 0 Å². The average molecular weight is 691 g/mol. The molecule has 0 saturated carbocycles. The van der Waals surface area contributed by atoms with E-state index in [-0.39, 0.29) is 42.7 Å². The van der Waals surface area contributed by atoms with Crippen molar-refractivity contribution in [3.05, 3.63) is 101 Å². The largest absolute Gasteiger partial charge is 0.496 e. The van der Waals surface area contributed by atoms with Gasteiger partial charge in [-0.1, -0.05) is 62.7 Å². The van der Waals surface area contributed by atoms with Crippen LogP contribution in [0.5, 0.6) is 5.75 Å². The second-order valence-corrected chi connectivity index (χ2v) is 13.6. The van der Waals surface area contributed by atoms with Gasteiger partial charge in [0.15, 0.2) is 0 Å². The summed E-state index contributed by atoms with van der Waals surface area (Å²) in [5.41, 5.74) is 2.06. The summed E-state index contributed by atoms with van der Waals surface area (Å²) >= 11 is 0. The Hall–Kier alpha value is -4.35. The van der Waals surface area contributed by atoms with Gasteiger partial charge in [-0.25, -0.2) is 8.78 Å². The third-order valence-corrected chi connectivity index (χ3v) is 10.4. The summed E-state index contributed by atoms with van der Waals surface area (Å²) in [6, 6.07) is 16.1. The first kappa shape index (κ1) is 36.9. The maximum Gasteiger partial charge on any atom is 0.249 e. The average Bonchev–Trinajstić information content (AvgIpc) is 3.41. The number of carbonyl (C=O) groups is 3. The molecular weight excluding hydrogens is 642 g/mol. The maximum atomic E-state index is 14.5. The summed E-state index contributed by atoms with van der Waals surface area (Å²) in [6.45, 7) is 5.93. The molecule has 9 nitrogen and oxygen atoms in total. The minimum absolute atomic E-state index is 0.0627. The van der Waals surface area contributed by atoms with Gasteiger partial charge >= 0.3 is 0 Å². The second-order valence-electron chi connectivity index (χ2n) is 13.6. The first-order valence-corrected chi connectivity index (χ1v) is 17.4. The number of aliphatic hydroxyl groups excluding tert-OH is 1. The number of aliphatic hydroxyl groups is 1. The molecule has 5 rings (SSSR count). The lowest BCUT2D eigenvalue weighted by Gasteiger charge is -2.37. The van der Waals surface area contributed by atoms with E-state index in [0.29, 0.717) is 32.2 Å². The molecule has 2 aliphatic rings. The van der Waals surface area contributed by atoms with Crippen molar-refractivity contribution in [1.82, 2.24) is 20.9 Å². The maximum absolute atomic E-state index is 14.5. The third kappa shape index (κ3) is 8.16. The number of hydrogen-bond acceptors (Lipinski definition) is 6. The van der Waals surface area contributed by atoms with Gasteiger partial charge in [0, 0.05) is 37.7 Å². The Morgan fingerprint density at radius 2 is 1.80 bits per heavy atom. The third-order valence-electron chi connectivity index (χ3n) is 10.4. The molecule has 1 saturated heterocycles. The molecule has 3 aromatic carbocycles. The first-order chi connectivity index (χ1) is 23.9. The van der Waals surface area contributed by atoms with Crippen LogP contribution < -0.4 is 20.7 Å². The number of likely N-dealkylation sites (tertiary alicyclic amines) is 1. The van der Waals surface area contributed by atoms with Crippen LogP contribution in [0.4, 0.5) is 8.78 Å². The zero-order valence-electron chi connectivity index (χ0n) is 29.2. The second kappa shape index (κ2) is 16.1. The van der Waals surface area contributed by atoms with E-state index in [0.717, 1.165) is 28.5 Å². The van der Waals surface area contributed by atoms with Crippen molar-refractivity contribution in [2.24, 2.45) is 5.92 Å². The van der Waals surface area contributed by atoms with Gasteiger partial charge in [0.1, 0.15) is 29.0 Å². The van der Waals surface area contributed by atoms with Crippen molar-refractivity contribution in [2.75, 3.05) is 13.7 Å². The highest BCUT2D eigenvalue weighted by molar-refractivity contribution is 5.96. The lowest BCUT2D eigenvalue weighted by atomic mass is 9.81. The molecule has 2 heterocycles. The number of carbonyl (C=O) groups excluding carboxylic acids is 3. The molecule has 0 aliphatic carbocycles. The summed E-state index contributed by atoms with van der Waals surface area (Å²) < 4.78 is 34.2. The van der Waals surface area contributed by atoms with Crippen LogP contribution in [0.1, 0.15) is 62.3 Å². The number of aryl methyl sites for hydroxylation is 1. The predicted octanol–water partition coefficient (Wildman–Crippen LogP) is 4.23. The Morgan fingerprint density at radius 3 is 2.46 bits per heavy atom. The van der Waals surface area contributed by atoms with Crippen molar-refractivity contribution in [3.63, 3.8) is 0 Å². The number of hydrogen-bond donors (Lipinski definition) is 4. The molecule has 50 heavy (non-hydrogen) atoms. The number of nitrogens with zero attached hydrogens (tertiary/aromatic N) is 1. The molecule has 4 N–H and O–H groups in total. The van der Waals surface area contributed by atoms with Crippen LogP contribution in [-0.4, -0.2) is 71.2 Å². The van der Waals surface area contributed by atoms with E-state index in [1.807, 2.05) is 62.4 Å². The zero-order chi connectivity index (χ0) is 36.0. The molecule has 268 valence electrons. The van der Waals surface area contributed by atoms with E-state index in [1.54, 1.807) is 12.0 Å². The fourth-order valence-corrected chi connectivity index (χ4v) is 7.57. The summed E-state index contributed by atoms with van der Waals surface area (Å²) in [6.07, 6.45) is 0.948. The molecule has 0 bridgehead atoms. The van der Waals surface area contributed by atoms with Crippen LogP contribution in [0.3, 0.4) is 0 Å². The molecule has 3 aromatic rings. The van der Waals surface area contributed by atoms with Crippen LogP contribution in [-0.2, 0) is 40.2 Å². The molecule has 1 unspecified atom stereocenters. The smallest absolute Gasteiger partial charge is 0.249 e. The minimum atomic E-state index is -1.17. The fourth-order valence-electron chi connectivity index (χ4n) is 7.57. The number of ether oxygens (including phenoxy) is 1. The molecule has 11 heteroatoms. The minimum Gasteiger partial charge on any atom is -0.496 e. The normalized spacial score (nSPS) is 21.1. The number of methoxy groups -OCH3 is 1. The van der Waals surface area contributed by atoms with Gasteiger partial charge in [-0.3, -0.25) is 14.4 Å². The molecule has 1 fully saturated rings. The molecule has 0 spiro atoms. The number of benzene rings is 3. The predicted molar refractivity (Wildman–Crippen MR) is 186 cm³/mol. The van der Waals surface area contributed by atoms with Crippen LogP contribution in [0, 0.1) is 17.6 Å². The Balaban J connectivity index is 1.46. The lowest BCUT2D eigenvalue weighted by molar-refractivity contribution is -0.144. The molecule has 2 aliphatic heterocycles. The topological polar surface area (TPSA) is 120 Å².